The summed E-state index contributed by atoms with van der Waals surface area (Å²) >= 11 is 1.49. The van der Waals surface area contributed by atoms with Crippen molar-refractivity contribution in [3.8, 4) is 0 Å². The highest BCUT2D eigenvalue weighted by Gasteiger charge is 2.18. The number of H-pyrrole nitrogens is 2. The highest BCUT2D eigenvalue weighted by Crippen LogP contribution is 2.30. The summed E-state index contributed by atoms with van der Waals surface area (Å²) < 4.78 is 5.61. The lowest BCUT2D eigenvalue weighted by Crippen LogP contribution is -2.25. The van der Waals surface area contributed by atoms with Gasteiger partial charge in [-0.1, -0.05) is 0 Å². The molecule has 0 aromatic carbocycles. The average molecular weight is 384 g/mol. The molecule has 0 aliphatic carbocycles. The Kier molecular flexibility index (Phi) is 3.30. The lowest BCUT2D eigenvalue weighted by Gasteiger charge is -2.03. The van der Waals surface area contributed by atoms with Crippen molar-refractivity contribution in [3.05, 3.63) is 50.5 Å². The van der Waals surface area contributed by atoms with Gasteiger partial charge in [0, 0.05) is 12.4 Å². The molecule has 0 fully saturated rings. The van der Waals surface area contributed by atoms with Gasteiger partial charge in [0.1, 0.15) is 29.7 Å². The molecular formula is C14H12N10O2S. The van der Waals surface area contributed by atoms with Gasteiger partial charge in [0.25, 0.3) is 5.56 Å². The number of fused-ring (bicyclic) bond motifs is 3. The van der Waals surface area contributed by atoms with Crippen LogP contribution in [-0.4, -0.2) is 49.3 Å². The molecule has 0 spiro atoms. The molecule has 0 amide bonds. The van der Waals surface area contributed by atoms with Gasteiger partial charge in [-0.25, -0.2) is 29.2 Å². The van der Waals surface area contributed by atoms with Gasteiger partial charge in [0.2, 0.25) is 0 Å². The largest absolute Gasteiger partial charge is 0.340 e. The average Bonchev–Trinajstić information content (AvgIpc) is 3.40. The fourth-order valence-corrected chi connectivity index (χ4v) is 4.09. The number of aryl methyl sites for hydroxylation is 1. The Labute approximate surface area is 153 Å². The van der Waals surface area contributed by atoms with Crippen LogP contribution in [0.15, 0.2) is 28.4 Å². The quantitative estimate of drug-likeness (QED) is 0.422. The van der Waals surface area contributed by atoms with Gasteiger partial charge >= 0.3 is 5.69 Å². The summed E-state index contributed by atoms with van der Waals surface area (Å²) in [7, 11) is 1.80. The summed E-state index contributed by atoms with van der Waals surface area (Å²) in [5, 5.41) is 16.0. The maximum absolute atomic E-state index is 12.9. The van der Waals surface area contributed by atoms with Crippen LogP contribution in [0.25, 0.3) is 21.3 Å². The summed E-state index contributed by atoms with van der Waals surface area (Å²) in [6.45, 7) is 0.579. The normalized spacial score (nSPS) is 11.7. The molecule has 2 N–H and O–H groups in total. The summed E-state index contributed by atoms with van der Waals surface area (Å²) in [5.74, 6) is 0.332. The minimum absolute atomic E-state index is 0.0668. The maximum atomic E-state index is 12.9. The molecule has 0 saturated carbocycles. The highest BCUT2D eigenvalue weighted by atomic mass is 32.1. The Hall–Kier alpha value is -3.61. The van der Waals surface area contributed by atoms with Gasteiger partial charge in [-0.2, -0.15) is 15.3 Å². The van der Waals surface area contributed by atoms with Crippen molar-refractivity contribution in [1.29, 1.82) is 0 Å². The summed E-state index contributed by atoms with van der Waals surface area (Å²) in [6.07, 6.45) is 4.74. The molecule has 0 bridgehead atoms. The summed E-state index contributed by atoms with van der Waals surface area (Å²) in [5.41, 5.74) is 0.517. The number of hydrogen-bond acceptors (Lipinski definition) is 8. The van der Waals surface area contributed by atoms with Crippen LogP contribution in [0.2, 0.25) is 0 Å². The standard InChI is InChI=1S/C14H12N10O2S/c1-22-10-7(2-16-24(13(10)25)3-8-18-14(26)21-20-8)11-12(22)19-9(27-11)4-23-6-15-5-17-23/h2,5-6H,3-4H2,1H3,(H2,18,20,21,26). The molecule has 5 aromatic heterocycles. The van der Waals surface area contributed by atoms with Crippen LogP contribution in [0, 0.1) is 0 Å². The van der Waals surface area contributed by atoms with E-state index in [1.54, 1.807) is 28.8 Å². The summed E-state index contributed by atoms with van der Waals surface area (Å²) in [4.78, 5) is 35.1. The molecule has 13 heteroatoms. The van der Waals surface area contributed by atoms with E-state index in [4.69, 9.17) is 0 Å². The fraction of sp³-hybridized carbons (Fsp3) is 0.214. The predicted molar refractivity (Wildman–Crippen MR) is 95.6 cm³/mol. The number of rotatable bonds is 4. The number of hydrogen-bond donors (Lipinski definition) is 2. The molecular weight excluding hydrogens is 372 g/mol. The van der Waals surface area contributed by atoms with Gasteiger partial charge in [-0.3, -0.25) is 9.78 Å². The van der Waals surface area contributed by atoms with Crippen LogP contribution in [-0.2, 0) is 20.1 Å². The molecule has 12 nitrogen and oxygen atoms in total. The van der Waals surface area contributed by atoms with Crippen molar-refractivity contribution in [3.63, 3.8) is 0 Å². The van der Waals surface area contributed by atoms with E-state index in [1.807, 2.05) is 0 Å². The lowest BCUT2D eigenvalue weighted by atomic mass is 10.3. The molecule has 0 unspecified atom stereocenters. The Balaban J connectivity index is 1.61. The number of aromatic nitrogens is 10. The van der Waals surface area contributed by atoms with E-state index >= 15 is 0 Å². The SMILES string of the molecule is Cn1c2nc(Cn3cncn3)sc2c2cnn(Cc3n[nH]c(=O)[nH]3)c(=O)c21. The van der Waals surface area contributed by atoms with E-state index in [2.05, 4.69) is 35.3 Å². The van der Waals surface area contributed by atoms with Gasteiger partial charge in [0.15, 0.2) is 11.5 Å². The first-order valence-corrected chi connectivity index (χ1v) is 8.71. The van der Waals surface area contributed by atoms with Crippen LogP contribution >= 0.6 is 11.3 Å². The van der Waals surface area contributed by atoms with E-state index in [9.17, 15) is 9.59 Å². The lowest BCUT2D eigenvalue weighted by molar-refractivity contribution is 0.620. The van der Waals surface area contributed by atoms with Crippen LogP contribution in [0.5, 0.6) is 0 Å². The van der Waals surface area contributed by atoms with Crippen LogP contribution in [0.1, 0.15) is 10.8 Å². The first-order chi connectivity index (χ1) is 13.1. The smallest absolute Gasteiger partial charge is 0.323 e. The second kappa shape index (κ2) is 5.70. The van der Waals surface area contributed by atoms with Crippen LogP contribution in [0.4, 0.5) is 0 Å². The second-order valence-corrected chi connectivity index (χ2v) is 6.99. The predicted octanol–water partition coefficient (Wildman–Crippen LogP) is -0.556. The van der Waals surface area contributed by atoms with E-state index < -0.39 is 5.69 Å². The fourth-order valence-electron chi connectivity index (χ4n) is 2.99. The van der Waals surface area contributed by atoms with Crippen molar-refractivity contribution >= 4 is 32.6 Å². The van der Waals surface area contributed by atoms with Crippen LogP contribution in [0.3, 0.4) is 0 Å². The molecule has 0 atom stereocenters. The molecule has 5 heterocycles. The number of nitrogens with one attached hydrogen (secondary N) is 2. The van der Waals surface area contributed by atoms with E-state index in [0.29, 0.717) is 17.9 Å². The minimum Gasteiger partial charge on any atom is -0.323 e. The molecule has 136 valence electrons. The van der Waals surface area contributed by atoms with Crippen molar-refractivity contribution < 1.29 is 0 Å². The molecule has 27 heavy (non-hydrogen) atoms. The first kappa shape index (κ1) is 15.6. The molecule has 5 aromatic rings. The Morgan fingerprint density at radius 2 is 2.11 bits per heavy atom. The van der Waals surface area contributed by atoms with Gasteiger partial charge in [0.05, 0.1) is 17.4 Å². The topological polar surface area (TPSA) is 145 Å². The monoisotopic (exact) mass is 384 g/mol. The third-order valence-corrected chi connectivity index (χ3v) is 5.25. The number of aromatic amines is 2. The molecule has 0 aliphatic heterocycles. The first-order valence-electron chi connectivity index (χ1n) is 7.90. The van der Waals surface area contributed by atoms with Crippen molar-refractivity contribution in [1.82, 2.24) is 49.3 Å². The molecule has 0 aliphatic rings. The molecule has 5 rings (SSSR count). The summed E-state index contributed by atoms with van der Waals surface area (Å²) in [6, 6.07) is 0. The van der Waals surface area contributed by atoms with Gasteiger partial charge < -0.3 is 4.57 Å². The van der Waals surface area contributed by atoms with Gasteiger partial charge in [-0.15, -0.1) is 11.3 Å². The number of thiazole rings is 1. The van der Waals surface area contributed by atoms with Crippen molar-refractivity contribution in [2.75, 3.05) is 0 Å². The minimum atomic E-state index is -0.428. The third kappa shape index (κ3) is 2.47. The molecule has 0 radical (unpaired) electrons. The maximum Gasteiger partial charge on any atom is 0.340 e. The van der Waals surface area contributed by atoms with Crippen LogP contribution < -0.4 is 11.2 Å². The zero-order valence-electron chi connectivity index (χ0n) is 13.9. The Bertz CT molecular complexity index is 1380. The molecule has 0 saturated heterocycles. The third-order valence-electron chi connectivity index (χ3n) is 4.18. The van der Waals surface area contributed by atoms with Crippen molar-refractivity contribution in [2.24, 2.45) is 7.05 Å². The zero-order valence-corrected chi connectivity index (χ0v) is 14.8. The highest BCUT2D eigenvalue weighted by molar-refractivity contribution is 7.19. The van der Waals surface area contributed by atoms with E-state index in [0.717, 1.165) is 20.7 Å². The van der Waals surface area contributed by atoms with E-state index in [-0.39, 0.29) is 12.1 Å². The van der Waals surface area contributed by atoms with Crippen molar-refractivity contribution in [2.45, 2.75) is 13.1 Å². The zero-order chi connectivity index (χ0) is 18.5. The van der Waals surface area contributed by atoms with Gasteiger partial charge in [-0.05, 0) is 0 Å². The van der Waals surface area contributed by atoms with E-state index in [1.165, 1.54) is 22.3 Å². The Morgan fingerprint density at radius 1 is 1.22 bits per heavy atom. The Morgan fingerprint density at radius 3 is 2.85 bits per heavy atom. The number of nitrogens with zero attached hydrogens (tertiary/aromatic N) is 8. The second-order valence-electron chi connectivity index (χ2n) is 5.91.